The van der Waals surface area contributed by atoms with Gasteiger partial charge in [0.1, 0.15) is 11.8 Å². The number of hydrogen-bond donors (Lipinski definition) is 2. The lowest BCUT2D eigenvalue weighted by Gasteiger charge is -2.20. The van der Waals surface area contributed by atoms with Gasteiger partial charge in [-0.05, 0) is 52.8 Å². The molecule has 0 aliphatic carbocycles. The van der Waals surface area contributed by atoms with E-state index in [0.29, 0.717) is 11.4 Å². The maximum atomic E-state index is 13.1. The maximum Gasteiger partial charge on any atom is 0.336 e. The van der Waals surface area contributed by atoms with Crippen LogP contribution in [0.15, 0.2) is 85.2 Å². The van der Waals surface area contributed by atoms with Crippen LogP contribution < -0.4 is 15.8 Å². The third kappa shape index (κ3) is 10.6. The van der Waals surface area contributed by atoms with Gasteiger partial charge in [-0.25, -0.2) is 14.8 Å². The Labute approximate surface area is 283 Å². The van der Waals surface area contributed by atoms with Gasteiger partial charge in [-0.3, -0.25) is 9.59 Å². The van der Waals surface area contributed by atoms with Crippen molar-refractivity contribution >= 4 is 17.8 Å². The average molecular weight is 651 g/mol. The number of amides is 1. The van der Waals surface area contributed by atoms with Crippen LogP contribution in [-0.2, 0) is 26.2 Å². The summed E-state index contributed by atoms with van der Waals surface area (Å²) in [4.78, 5) is 46.9. The Balaban J connectivity index is 1.39. The molecule has 1 amide bonds. The van der Waals surface area contributed by atoms with Gasteiger partial charge in [0.15, 0.2) is 5.82 Å². The molecule has 3 N–H and O–H groups in total. The fraction of sp³-hybridized carbons (Fsp3) is 0.359. The second kappa shape index (κ2) is 17.3. The third-order valence-corrected chi connectivity index (χ3v) is 7.99. The van der Waals surface area contributed by atoms with Crippen LogP contribution in [0, 0.1) is 0 Å². The topological polar surface area (TPSA) is 134 Å². The SMILES string of the molecule is CCCCCCCOc1ccc(-c2cnc(-c3ccc(C[C@H](NC(=O)c4ccc(C(C)(C)C)cc4)C(=O)OC(=O)CN)cc3)nc2)cc1. The molecule has 0 saturated carbocycles. The average Bonchev–Trinajstić information content (AvgIpc) is 3.09. The van der Waals surface area contributed by atoms with Gasteiger partial charge in [0.2, 0.25) is 0 Å². The summed E-state index contributed by atoms with van der Waals surface area (Å²) < 4.78 is 10.7. The minimum Gasteiger partial charge on any atom is -0.494 e. The molecule has 0 aliphatic heterocycles. The van der Waals surface area contributed by atoms with E-state index < -0.39 is 30.4 Å². The molecule has 0 radical (unpaired) electrons. The molecule has 0 unspecified atom stereocenters. The van der Waals surface area contributed by atoms with Gasteiger partial charge < -0.3 is 20.5 Å². The summed E-state index contributed by atoms with van der Waals surface area (Å²) in [6, 6.07) is 21.4. The molecule has 1 heterocycles. The molecule has 0 saturated heterocycles. The molecule has 9 heteroatoms. The van der Waals surface area contributed by atoms with Crippen molar-refractivity contribution in [3.05, 3.63) is 102 Å². The largest absolute Gasteiger partial charge is 0.494 e. The number of carbonyl (C=O) groups excluding carboxylic acids is 3. The van der Waals surface area contributed by atoms with Crippen LogP contribution in [0.1, 0.15) is 81.3 Å². The molecule has 252 valence electrons. The molecule has 0 bridgehead atoms. The van der Waals surface area contributed by atoms with Gasteiger partial charge in [-0.15, -0.1) is 0 Å². The molecule has 0 spiro atoms. The van der Waals surface area contributed by atoms with Gasteiger partial charge in [0.05, 0.1) is 13.2 Å². The number of esters is 2. The number of unbranched alkanes of at least 4 members (excludes halogenated alkanes) is 4. The normalized spacial score (nSPS) is 11.9. The molecule has 9 nitrogen and oxygen atoms in total. The van der Waals surface area contributed by atoms with Crippen molar-refractivity contribution in [1.29, 1.82) is 0 Å². The predicted molar refractivity (Wildman–Crippen MR) is 187 cm³/mol. The second-order valence-electron chi connectivity index (χ2n) is 12.8. The minimum absolute atomic E-state index is 0.0715. The number of ether oxygens (including phenoxy) is 2. The Bertz CT molecular complexity index is 1630. The second-order valence-corrected chi connectivity index (χ2v) is 12.8. The molecule has 0 aliphatic rings. The van der Waals surface area contributed by atoms with Crippen LogP contribution >= 0.6 is 0 Å². The van der Waals surface area contributed by atoms with E-state index in [0.717, 1.165) is 46.6 Å². The number of benzene rings is 3. The fourth-order valence-electron chi connectivity index (χ4n) is 5.07. The lowest BCUT2D eigenvalue weighted by Crippen LogP contribution is -2.44. The van der Waals surface area contributed by atoms with Crippen molar-refractivity contribution in [1.82, 2.24) is 15.3 Å². The highest BCUT2D eigenvalue weighted by Crippen LogP contribution is 2.24. The highest BCUT2D eigenvalue weighted by molar-refractivity contribution is 5.98. The molecule has 0 fully saturated rings. The van der Waals surface area contributed by atoms with Crippen molar-refractivity contribution in [2.75, 3.05) is 13.2 Å². The van der Waals surface area contributed by atoms with E-state index in [9.17, 15) is 14.4 Å². The van der Waals surface area contributed by atoms with E-state index in [1.54, 1.807) is 24.5 Å². The number of nitrogens with two attached hydrogens (primary N) is 1. The number of hydrogen-bond acceptors (Lipinski definition) is 8. The Morgan fingerprint density at radius 1 is 0.792 bits per heavy atom. The van der Waals surface area contributed by atoms with Crippen LogP contribution in [0.25, 0.3) is 22.5 Å². The van der Waals surface area contributed by atoms with Crippen LogP contribution in [0.4, 0.5) is 0 Å². The van der Waals surface area contributed by atoms with Gasteiger partial charge in [-0.1, -0.05) is 102 Å². The van der Waals surface area contributed by atoms with Crippen LogP contribution in [0.5, 0.6) is 5.75 Å². The highest BCUT2D eigenvalue weighted by Gasteiger charge is 2.26. The molecule has 1 atom stereocenters. The van der Waals surface area contributed by atoms with Crippen LogP contribution in [0.3, 0.4) is 0 Å². The van der Waals surface area contributed by atoms with Gasteiger partial charge >= 0.3 is 11.9 Å². The molecule has 4 aromatic rings. The highest BCUT2D eigenvalue weighted by atomic mass is 16.6. The minimum atomic E-state index is -1.11. The molecule has 4 rings (SSSR count). The first-order valence-electron chi connectivity index (χ1n) is 16.6. The first kappa shape index (κ1) is 36.0. The van der Waals surface area contributed by atoms with E-state index >= 15 is 0 Å². The quantitative estimate of drug-likeness (QED) is 0.0813. The van der Waals surface area contributed by atoms with Crippen molar-refractivity contribution in [2.24, 2.45) is 5.73 Å². The van der Waals surface area contributed by atoms with E-state index in [1.165, 1.54) is 25.7 Å². The number of nitrogens with zero attached hydrogens (tertiary/aromatic N) is 2. The van der Waals surface area contributed by atoms with Crippen molar-refractivity contribution < 1.29 is 23.9 Å². The zero-order valence-corrected chi connectivity index (χ0v) is 28.3. The summed E-state index contributed by atoms with van der Waals surface area (Å²) in [6.45, 7) is 8.74. The summed E-state index contributed by atoms with van der Waals surface area (Å²) in [5.41, 5.74) is 10.1. The molecule has 3 aromatic carbocycles. The molecule has 1 aromatic heterocycles. The Morgan fingerprint density at radius 3 is 2.02 bits per heavy atom. The lowest BCUT2D eigenvalue weighted by molar-refractivity contribution is -0.160. The zero-order valence-electron chi connectivity index (χ0n) is 28.3. The standard InChI is InChI=1S/C39H46N4O5/c1-5-6-7-8-9-22-47-33-20-16-28(17-21-33)31-25-41-36(42-26-31)29-12-10-27(11-13-29)23-34(38(46)48-35(44)24-40)43-37(45)30-14-18-32(19-15-30)39(2,3)4/h10-21,25-26,34H,5-9,22-24,40H2,1-4H3,(H,43,45)/t34-/m0/s1. The zero-order chi connectivity index (χ0) is 34.5. The number of nitrogens with one attached hydrogen (secondary N) is 1. The summed E-state index contributed by atoms with van der Waals surface area (Å²) in [6.07, 6.45) is 9.67. The summed E-state index contributed by atoms with van der Waals surface area (Å²) >= 11 is 0. The van der Waals surface area contributed by atoms with Crippen molar-refractivity contribution in [3.8, 4) is 28.3 Å². The molecular formula is C39H46N4O5. The van der Waals surface area contributed by atoms with E-state index in [4.69, 9.17) is 15.2 Å². The summed E-state index contributed by atoms with van der Waals surface area (Å²) in [5, 5.41) is 2.72. The monoisotopic (exact) mass is 650 g/mol. The number of aromatic nitrogens is 2. The fourth-order valence-corrected chi connectivity index (χ4v) is 5.07. The predicted octanol–water partition coefficient (Wildman–Crippen LogP) is 6.83. The Hall–Kier alpha value is -4.89. The molecule has 48 heavy (non-hydrogen) atoms. The van der Waals surface area contributed by atoms with Crippen molar-refractivity contribution in [2.45, 2.75) is 77.7 Å². The Kier molecular flexibility index (Phi) is 13.0. The first-order chi connectivity index (χ1) is 23.1. The van der Waals surface area contributed by atoms with Gasteiger partial charge in [0.25, 0.3) is 5.91 Å². The molecular weight excluding hydrogens is 604 g/mol. The maximum absolute atomic E-state index is 13.1. The lowest BCUT2D eigenvalue weighted by atomic mass is 9.86. The van der Waals surface area contributed by atoms with E-state index in [2.05, 4.69) is 43.0 Å². The van der Waals surface area contributed by atoms with Gasteiger partial charge in [0, 0.05) is 35.5 Å². The van der Waals surface area contributed by atoms with Crippen LogP contribution in [-0.4, -0.2) is 47.0 Å². The number of rotatable bonds is 15. The van der Waals surface area contributed by atoms with Gasteiger partial charge in [-0.2, -0.15) is 0 Å². The smallest absolute Gasteiger partial charge is 0.336 e. The van der Waals surface area contributed by atoms with E-state index in [1.807, 2.05) is 60.7 Å². The number of carbonyl (C=O) groups is 3. The van der Waals surface area contributed by atoms with E-state index in [-0.39, 0.29) is 11.8 Å². The summed E-state index contributed by atoms with van der Waals surface area (Å²) in [7, 11) is 0. The van der Waals surface area contributed by atoms with Crippen LogP contribution in [0.2, 0.25) is 0 Å². The first-order valence-corrected chi connectivity index (χ1v) is 16.6. The van der Waals surface area contributed by atoms with Crippen molar-refractivity contribution in [3.63, 3.8) is 0 Å². The third-order valence-electron chi connectivity index (χ3n) is 7.99. The Morgan fingerprint density at radius 2 is 1.42 bits per heavy atom. The summed E-state index contributed by atoms with van der Waals surface area (Å²) in [5.74, 6) is -0.813.